The minimum atomic E-state index is -1.61. The monoisotopic (exact) mass is 771 g/mol. The molecule has 2 unspecified atom stereocenters. The summed E-state index contributed by atoms with van der Waals surface area (Å²) in [6.45, 7) is 7.99. The number of methoxy groups -OCH3 is 1. The summed E-state index contributed by atoms with van der Waals surface area (Å²) < 4.78 is 15.6. The summed E-state index contributed by atoms with van der Waals surface area (Å²) in [5.41, 5.74) is 9.21. The van der Waals surface area contributed by atoms with Crippen LogP contribution in [0.2, 0.25) is 0 Å². The van der Waals surface area contributed by atoms with Gasteiger partial charge in [-0.05, 0) is 34.6 Å². The number of hydrogen-bond acceptors (Lipinski definition) is 12. The topological polar surface area (TPSA) is 211 Å². The number of alkyl carbamates (subject to hydrolysis) is 1. The highest BCUT2D eigenvalue weighted by Gasteiger charge is 2.40. The Morgan fingerprint density at radius 1 is 0.907 bits per heavy atom. The van der Waals surface area contributed by atoms with Crippen molar-refractivity contribution in [1.29, 1.82) is 0 Å². The lowest BCUT2D eigenvalue weighted by Gasteiger charge is -2.32. The first-order chi connectivity index (χ1) is 25.9. The van der Waals surface area contributed by atoms with Crippen molar-refractivity contribution in [1.82, 2.24) is 20.9 Å². The number of hydrogen-bond donors (Lipinski definition) is 6. The van der Waals surface area contributed by atoms with Crippen molar-refractivity contribution >= 4 is 45.8 Å². The highest BCUT2D eigenvalue weighted by atomic mass is 32.1. The van der Waals surface area contributed by atoms with E-state index in [2.05, 4.69) is 20.9 Å². The van der Waals surface area contributed by atoms with Crippen molar-refractivity contribution in [3.63, 3.8) is 0 Å². The predicted molar refractivity (Wildman–Crippen MR) is 207 cm³/mol. The number of nitrogens with two attached hydrogens (primary N) is 1. The Morgan fingerprint density at radius 2 is 1.63 bits per heavy atom. The maximum absolute atomic E-state index is 14.5. The summed E-state index contributed by atoms with van der Waals surface area (Å²) in [6, 6.07) is 8.86. The highest BCUT2D eigenvalue weighted by molar-refractivity contribution is 7.07. The number of aliphatic hydroxyl groups excluding tert-OH is 2. The van der Waals surface area contributed by atoms with Crippen molar-refractivity contribution in [2.24, 2.45) is 23.5 Å². The van der Waals surface area contributed by atoms with Gasteiger partial charge in [0.05, 0.1) is 55.8 Å². The molecule has 3 amide bonds. The second-order valence-electron chi connectivity index (χ2n) is 13.9. The molecule has 0 radical (unpaired) electrons. The maximum Gasteiger partial charge on any atom is 0.407 e. The van der Waals surface area contributed by atoms with E-state index in [4.69, 9.17) is 19.9 Å². The highest BCUT2D eigenvalue weighted by Crippen LogP contribution is 2.24. The van der Waals surface area contributed by atoms with Gasteiger partial charge in [0.2, 0.25) is 11.8 Å². The molecule has 0 spiro atoms. The lowest BCUT2D eigenvalue weighted by Crippen LogP contribution is -2.59. The van der Waals surface area contributed by atoms with Crippen LogP contribution < -0.4 is 21.7 Å². The van der Waals surface area contributed by atoms with Crippen LogP contribution >= 0.6 is 11.3 Å². The van der Waals surface area contributed by atoms with Crippen molar-refractivity contribution in [3.05, 3.63) is 64.6 Å². The predicted octanol–water partition coefficient (Wildman–Crippen LogP) is 2.77. The van der Waals surface area contributed by atoms with Gasteiger partial charge in [-0.2, -0.15) is 0 Å². The van der Waals surface area contributed by atoms with Crippen LogP contribution in [0, 0.1) is 17.8 Å². The number of carbonyl (C=O) groups is 4. The van der Waals surface area contributed by atoms with Gasteiger partial charge in [-0.25, -0.2) is 9.78 Å². The summed E-state index contributed by atoms with van der Waals surface area (Å²) in [5, 5.41) is 33.2. The summed E-state index contributed by atoms with van der Waals surface area (Å²) in [6.07, 6.45) is -1.56. The van der Waals surface area contributed by atoms with E-state index in [1.165, 1.54) is 11.3 Å². The molecule has 0 fully saturated rings. The second kappa shape index (κ2) is 23.0. The molecule has 0 aliphatic heterocycles. The molecule has 1 heterocycles. The minimum Gasteiger partial charge on any atom is -0.447 e. The number of nitrogens with one attached hydrogen (secondary N) is 3. The van der Waals surface area contributed by atoms with Crippen LogP contribution in [0.1, 0.15) is 51.8 Å². The lowest BCUT2D eigenvalue weighted by atomic mass is 9.81. The molecule has 7 N–H and O–H groups in total. The van der Waals surface area contributed by atoms with Crippen molar-refractivity contribution < 1.29 is 43.6 Å². The molecule has 7 atom stereocenters. The Balaban J connectivity index is 1.91. The molecule has 15 heteroatoms. The Kier molecular flexibility index (Phi) is 19.0. The number of thiazole rings is 1. The quantitative estimate of drug-likeness (QED) is 0.0730. The number of benzene rings is 2. The van der Waals surface area contributed by atoms with E-state index in [9.17, 15) is 29.4 Å². The molecule has 0 saturated heterocycles. The van der Waals surface area contributed by atoms with Crippen molar-refractivity contribution in [2.75, 3.05) is 40.1 Å². The first kappa shape index (κ1) is 44.4. The molecule has 3 aromatic rings. The van der Waals surface area contributed by atoms with E-state index >= 15 is 0 Å². The number of amides is 3. The minimum absolute atomic E-state index is 0.0122. The SMILES string of the molecule is CC[C@H](C)[C@@H](CO)NC(=O)C(N)[C@@H](O)[C@H](CC(C)C)C(=O)C(Cc1cscn1)NC(=O)[C@H](Cc1cccc2ccccc12)NC(=O)OCCOCCOC. The van der Waals surface area contributed by atoms with Crippen LogP contribution in [0.3, 0.4) is 0 Å². The molecule has 0 aliphatic carbocycles. The first-order valence-electron chi connectivity index (χ1n) is 18.4. The fourth-order valence-corrected chi connectivity index (χ4v) is 6.66. The number of Topliss-reactive ketones (excluding diaryl/α,β-unsaturated/α-hetero) is 1. The zero-order valence-corrected chi connectivity index (χ0v) is 32.7. The zero-order chi connectivity index (χ0) is 39.6. The molecular formula is C39H57N5O9S. The zero-order valence-electron chi connectivity index (χ0n) is 31.9. The van der Waals surface area contributed by atoms with Gasteiger partial charge in [0.1, 0.15) is 18.7 Å². The van der Waals surface area contributed by atoms with E-state index in [-0.39, 0.29) is 50.9 Å². The standard InChI is InChI=1S/C39H57N5O9S/c1-6-25(4)33(21-45)43-38(49)34(40)36(47)30(18-24(2)3)35(46)31(20-28-22-54-23-41-28)42-37(48)32(44-39(50)53-17-16-52-15-14-51-5)19-27-12-9-11-26-10-7-8-13-29(26)27/h7-13,22-25,30-34,36,45,47H,6,14-21,40H2,1-5H3,(H,42,48)(H,43,49)(H,44,50)/t25-,30+,31?,32-,33+,34?,36-/m0/s1. The molecule has 0 aliphatic rings. The van der Waals surface area contributed by atoms with Gasteiger partial charge in [-0.15, -0.1) is 11.3 Å². The summed E-state index contributed by atoms with van der Waals surface area (Å²) >= 11 is 1.32. The number of ketones is 1. The maximum atomic E-state index is 14.5. The molecule has 2 aromatic carbocycles. The van der Waals surface area contributed by atoms with Gasteiger partial charge in [0.25, 0.3) is 0 Å². The van der Waals surface area contributed by atoms with E-state index in [1.54, 1.807) is 18.0 Å². The summed E-state index contributed by atoms with van der Waals surface area (Å²) in [5.74, 6) is -3.22. The summed E-state index contributed by atoms with van der Waals surface area (Å²) in [7, 11) is 1.55. The van der Waals surface area contributed by atoms with E-state index in [1.807, 2.05) is 70.2 Å². The third-order valence-corrected chi connectivity index (χ3v) is 10.0. The molecule has 0 saturated carbocycles. The number of fused-ring (bicyclic) bond motifs is 1. The van der Waals surface area contributed by atoms with E-state index < -0.39 is 59.9 Å². The molecule has 0 bridgehead atoms. The van der Waals surface area contributed by atoms with E-state index in [0.29, 0.717) is 25.3 Å². The van der Waals surface area contributed by atoms with Crippen LogP contribution in [0.5, 0.6) is 0 Å². The van der Waals surface area contributed by atoms with Gasteiger partial charge in [-0.1, -0.05) is 76.6 Å². The van der Waals surface area contributed by atoms with Crippen LogP contribution in [0.25, 0.3) is 10.8 Å². The van der Waals surface area contributed by atoms with Crippen LogP contribution in [0.15, 0.2) is 53.4 Å². The third-order valence-electron chi connectivity index (χ3n) is 9.39. The fraction of sp³-hybridized carbons (Fsp3) is 0.564. The largest absolute Gasteiger partial charge is 0.447 e. The average Bonchev–Trinajstić information content (AvgIpc) is 3.68. The van der Waals surface area contributed by atoms with Gasteiger partial charge in [0, 0.05) is 31.2 Å². The molecule has 54 heavy (non-hydrogen) atoms. The lowest BCUT2D eigenvalue weighted by molar-refractivity contribution is -0.136. The third kappa shape index (κ3) is 13.7. The van der Waals surface area contributed by atoms with Crippen LogP contribution in [-0.4, -0.2) is 109 Å². The van der Waals surface area contributed by atoms with Gasteiger partial charge in [-0.3, -0.25) is 14.4 Å². The van der Waals surface area contributed by atoms with Crippen LogP contribution in [-0.2, 0) is 41.4 Å². The number of rotatable bonds is 24. The smallest absolute Gasteiger partial charge is 0.407 e. The molecule has 14 nitrogen and oxygen atoms in total. The first-order valence-corrected chi connectivity index (χ1v) is 19.4. The van der Waals surface area contributed by atoms with Gasteiger partial charge in [0.15, 0.2) is 5.78 Å². The average molecular weight is 772 g/mol. The number of aromatic nitrogens is 1. The number of aliphatic hydroxyl groups is 2. The molecular weight excluding hydrogens is 715 g/mol. The fourth-order valence-electron chi connectivity index (χ4n) is 6.09. The van der Waals surface area contributed by atoms with Crippen LogP contribution in [0.4, 0.5) is 4.79 Å². The summed E-state index contributed by atoms with van der Waals surface area (Å²) in [4.78, 5) is 59.3. The van der Waals surface area contributed by atoms with Gasteiger partial charge < -0.3 is 46.1 Å². The number of nitrogens with zero attached hydrogens (tertiary/aromatic N) is 1. The second-order valence-corrected chi connectivity index (χ2v) is 14.6. The molecule has 3 rings (SSSR count). The normalized spacial score (nSPS) is 15.4. The Morgan fingerprint density at radius 3 is 2.30 bits per heavy atom. The Bertz CT molecular complexity index is 1600. The van der Waals surface area contributed by atoms with Crippen molar-refractivity contribution in [3.8, 4) is 0 Å². The van der Waals surface area contributed by atoms with Crippen molar-refractivity contribution in [2.45, 2.75) is 83.6 Å². The number of carbonyl (C=O) groups excluding carboxylic acids is 4. The molecule has 298 valence electrons. The number of ether oxygens (including phenoxy) is 3. The Labute approximate surface area is 321 Å². The Hall–Kier alpha value is -3.99. The van der Waals surface area contributed by atoms with Gasteiger partial charge >= 0.3 is 6.09 Å². The van der Waals surface area contributed by atoms with E-state index in [0.717, 1.165) is 16.3 Å². The molecule has 1 aromatic heterocycles.